The van der Waals surface area contributed by atoms with Crippen molar-refractivity contribution < 1.29 is 14.3 Å². The van der Waals surface area contributed by atoms with Gasteiger partial charge in [0.1, 0.15) is 11.5 Å². The number of halogens is 1. The number of hydrogen-bond donors (Lipinski definition) is 2. The summed E-state index contributed by atoms with van der Waals surface area (Å²) < 4.78 is 10.8. The molecule has 0 saturated heterocycles. The summed E-state index contributed by atoms with van der Waals surface area (Å²) in [6.07, 6.45) is 5.51. The lowest BCUT2D eigenvalue weighted by Gasteiger charge is -2.18. The minimum atomic E-state index is -0.217. The van der Waals surface area contributed by atoms with Gasteiger partial charge >= 0.3 is 6.03 Å². The summed E-state index contributed by atoms with van der Waals surface area (Å²) in [5.74, 6) is 1.17. The molecule has 9 heteroatoms. The average Bonchev–Trinajstić information content (AvgIpc) is 3.07. The summed E-state index contributed by atoms with van der Waals surface area (Å²) in [7, 11) is 3.09. The molecule has 0 saturated carbocycles. The van der Waals surface area contributed by atoms with E-state index in [4.69, 9.17) is 26.8 Å². The Morgan fingerprint density at radius 2 is 2.04 bits per heavy atom. The van der Waals surface area contributed by atoms with Gasteiger partial charge in [0.2, 0.25) is 5.95 Å². The van der Waals surface area contributed by atoms with Crippen LogP contribution in [0.5, 0.6) is 11.5 Å². The first-order chi connectivity index (χ1) is 13.5. The van der Waals surface area contributed by atoms with Gasteiger partial charge in [0.05, 0.1) is 49.3 Å². The maximum atomic E-state index is 12.5. The fourth-order valence-corrected chi connectivity index (χ4v) is 3.46. The van der Waals surface area contributed by atoms with Gasteiger partial charge in [0.15, 0.2) is 0 Å². The van der Waals surface area contributed by atoms with E-state index in [0.29, 0.717) is 46.6 Å². The number of carbonyl (C=O) groups excluding carboxylic acids is 1. The van der Waals surface area contributed by atoms with E-state index in [1.807, 2.05) is 18.2 Å². The molecule has 3 N–H and O–H groups in total. The predicted octanol–water partition coefficient (Wildman–Crippen LogP) is 2.88. The third-order valence-electron chi connectivity index (χ3n) is 4.61. The smallest absolute Gasteiger partial charge is 0.322 e. The van der Waals surface area contributed by atoms with Gasteiger partial charge in [-0.25, -0.2) is 14.8 Å². The van der Waals surface area contributed by atoms with Gasteiger partial charge in [-0.05, 0) is 18.2 Å². The highest BCUT2D eigenvalue weighted by Crippen LogP contribution is 2.42. The second-order valence-corrected chi connectivity index (χ2v) is 6.72. The van der Waals surface area contributed by atoms with Crippen molar-refractivity contribution in [2.24, 2.45) is 0 Å². The Hall–Kier alpha value is -3.26. The monoisotopic (exact) mass is 399 g/mol. The number of allylic oxidation sites excluding steroid dienone is 3. The van der Waals surface area contributed by atoms with Gasteiger partial charge in [-0.1, -0.05) is 17.7 Å². The summed E-state index contributed by atoms with van der Waals surface area (Å²) in [4.78, 5) is 22.9. The van der Waals surface area contributed by atoms with Crippen molar-refractivity contribution in [2.75, 3.05) is 20.0 Å². The molecule has 28 heavy (non-hydrogen) atoms. The third kappa shape index (κ3) is 3.11. The number of nitrogens with two attached hydrogens (primary N) is 1. The lowest BCUT2D eigenvalue weighted by atomic mass is 10.0. The molecule has 2 aromatic rings. The van der Waals surface area contributed by atoms with Crippen molar-refractivity contribution in [1.29, 1.82) is 0 Å². The number of ether oxygens (including phenoxy) is 2. The van der Waals surface area contributed by atoms with Gasteiger partial charge in [0, 0.05) is 17.3 Å². The van der Waals surface area contributed by atoms with E-state index < -0.39 is 0 Å². The van der Waals surface area contributed by atoms with E-state index in [1.165, 1.54) is 0 Å². The first kappa shape index (κ1) is 18.1. The standard InChI is InChI=1S/C19H18ClN5O3/c1-27-11-6-13(20)16(15(7-11)28-2)17-12-8-25(9-14(12)23-18(21)24-17)19(26)22-10-4-3-5-10/h3-7H,8-9H2,1-2H3,(H,22,26)(H2,21,23,24). The van der Waals surface area contributed by atoms with Crippen LogP contribution in [-0.2, 0) is 13.1 Å². The maximum Gasteiger partial charge on any atom is 0.322 e. The molecule has 1 aromatic heterocycles. The van der Waals surface area contributed by atoms with Crippen LogP contribution in [-0.4, -0.2) is 35.1 Å². The van der Waals surface area contributed by atoms with Gasteiger partial charge in [0.25, 0.3) is 0 Å². The third-order valence-corrected chi connectivity index (χ3v) is 4.91. The number of nitrogen functional groups attached to an aromatic ring is 1. The highest BCUT2D eigenvalue weighted by molar-refractivity contribution is 6.33. The molecule has 2 amide bonds. The maximum absolute atomic E-state index is 12.5. The van der Waals surface area contributed by atoms with Crippen LogP contribution in [0.3, 0.4) is 0 Å². The molecular formula is C19H18ClN5O3. The molecule has 0 fully saturated rings. The van der Waals surface area contributed by atoms with Crippen LogP contribution in [0.15, 0.2) is 36.1 Å². The van der Waals surface area contributed by atoms with E-state index in [9.17, 15) is 4.79 Å². The quantitative estimate of drug-likeness (QED) is 0.819. The molecule has 0 spiro atoms. The van der Waals surface area contributed by atoms with Crippen LogP contribution in [0.4, 0.5) is 10.7 Å². The first-order valence-electron chi connectivity index (χ1n) is 8.51. The number of nitrogens with one attached hydrogen (secondary N) is 1. The molecule has 8 nitrogen and oxygen atoms in total. The zero-order valence-corrected chi connectivity index (χ0v) is 16.1. The number of urea groups is 1. The van der Waals surface area contributed by atoms with Crippen LogP contribution in [0.1, 0.15) is 11.3 Å². The molecule has 1 aliphatic heterocycles. The topological polar surface area (TPSA) is 103 Å². The highest BCUT2D eigenvalue weighted by atomic mass is 35.5. The molecule has 4 rings (SSSR count). The average molecular weight is 400 g/mol. The van der Waals surface area contributed by atoms with Crippen molar-refractivity contribution in [3.63, 3.8) is 0 Å². The molecule has 0 radical (unpaired) electrons. The number of anilines is 1. The lowest BCUT2D eigenvalue weighted by Crippen LogP contribution is -2.36. The number of hydrogen-bond acceptors (Lipinski definition) is 6. The van der Waals surface area contributed by atoms with Crippen molar-refractivity contribution in [3.8, 4) is 22.8 Å². The van der Waals surface area contributed by atoms with E-state index in [2.05, 4.69) is 15.3 Å². The number of nitrogens with zero attached hydrogens (tertiary/aromatic N) is 3. The van der Waals surface area contributed by atoms with Crippen molar-refractivity contribution in [3.05, 3.63) is 52.3 Å². The lowest BCUT2D eigenvalue weighted by molar-refractivity contribution is 0.201. The number of carbonyl (C=O) groups is 1. The van der Waals surface area contributed by atoms with Crippen LogP contribution in [0.25, 0.3) is 11.3 Å². The SMILES string of the molecule is COc1cc(Cl)c(-c2nc(N)nc3c2CN(C(=O)NC2=CC=C2)C3)c(OC)c1. The largest absolute Gasteiger partial charge is 0.497 e. The Kier molecular flexibility index (Phi) is 4.56. The van der Waals surface area contributed by atoms with Crippen LogP contribution in [0.2, 0.25) is 5.02 Å². The van der Waals surface area contributed by atoms with E-state index >= 15 is 0 Å². The fraction of sp³-hybridized carbons (Fsp3) is 0.211. The molecule has 1 aromatic carbocycles. The molecular weight excluding hydrogens is 382 g/mol. The summed E-state index contributed by atoms with van der Waals surface area (Å²) in [6.45, 7) is 0.660. The second-order valence-electron chi connectivity index (χ2n) is 6.31. The molecule has 2 aliphatic rings. The number of methoxy groups -OCH3 is 2. The van der Waals surface area contributed by atoms with Gasteiger partial charge in [-0.2, -0.15) is 0 Å². The Labute approximate surface area is 166 Å². The minimum absolute atomic E-state index is 0.106. The van der Waals surface area contributed by atoms with Gasteiger partial charge in [-0.3, -0.25) is 0 Å². The number of benzene rings is 1. The molecule has 0 atom stereocenters. The van der Waals surface area contributed by atoms with E-state index in [0.717, 1.165) is 11.3 Å². The Balaban J connectivity index is 1.73. The Morgan fingerprint density at radius 3 is 2.68 bits per heavy atom. The summed E-state index contributed by atoms with van der Waals surface area (Å²) in [5.41, 5.74) is 9.30. The molecule has 144 valence electrons. The second kappa shape index (κ2) is 7.05. The zero-order chi connectivity index (χ0) is 19.8. The Morgan fingerprint density at radius 1 is 1.25 bits per heavy atom. The predicted molar refractivity (Wildman–Crippen MR) is 105 cm³/mol. The normalized spacial score (nSPS) is 14.2. The highest BCUT2D eigenvalue weighted by Gasteiger charge is 2.31. The van der Waals surface area contributed by atoms with Gasteiger partial charge < -0.3 is 25.4 Å². The van der Waals surface area contributed by atoms with Crippen LogP contribution >= 0.6 is 11.6 Å². The molecule has 2 heterocycles. The van der Waals surface area contributed by atoms with Crippen molar-refractivity contribution in [2.45, 2.75) is 13.1 Å². The minimum Gasteiger partial charge on any atom is -0.497 e. The van der Waals surface area contributed by atoms with E-state index in [-0.39, 0.29) is 12.0 Å². The summed E-state index contributed by atoms with van der Waals surface area (Å²) in [6, 6.07) is 3.19. The first-order valence-corrected chi connectivity index (χ1v) is 8.89. The summed E-state index contributed by atoms with van der Waals surface area (Å²) in [5, 5.41) is 3.24. The summed E-state index contributed by atoms with van der Waals surface area (Å²) >= 11 is 6.51. The van der Waals surface area contributed by atoms with Gasteiger partial charge in [-0.15, -0.1) is 0 Å². The molecule has 0 unspecified atom stereocenters. The van der Waals surface area contributed by atoms with Crippen LogP contribution in [0, 0.1) is 0 Å². The van der Waals surface area contributed by atoms with Crippen LogP contribution < -0.4 is 20.5 Å². The van der Waals surface area contributed by atoms with Crippen molar-refractivity contribution in [1.82, 2.24) is 20.2 Å². The number of fused-ring (bicyclic) bond motifs is 1. The van der Waals surface area contributed by atoms with E-state index in [1.54, 1.807) is 31.3 Å². The molecule has 1 aliphatic carbocycles. The molecule has 0 bridgehead atoms. The number of amides is 2. The fourth-order valence-electron chi connectivity index (χ4n) is 3.17. The van der Waals surface area contributed by atoms with Crippen molar-refractivity contribution >= 4 is 23.6 Å². The number of aromatic nitrogens is 2. The Bertz CT molecular complexity index is 1030. The number of rotatable bonds is 4. The zero-order valence-electron chi connectivity index (χ0n) is 15.3.